The molecule has 0 fully saturated rings. The highest BCUT2D eigenvalue weighted by atomic mass is 16.5. The zero-order valence-electron chi connectivity index (χ0n) is 24.0. The van der Waals surface area contributed by atoms with Crippen LogP contribution < -0.4 is 14.2 Å². The number of ether oxygens (including phenoxy) is 4. The normalized spacial score (nSPS) is 13.0. The molecule has 0 spiro atoms. The molecular weight excluding hydrogens is 540 g/mol. The monoisotopic (exact) mass is 572 g/mol. The Morgan fingerprint density at radius 3 is 1.88 bits per heavy atom. The number of hydrogen-bond donors (Lipinski definition) is 0. The second-order valence-electron chi connectivity index (χ2n) is 10.7. The third-order valence-corrected chi connectivity index (χ3v) is 7.58. The molecule has 1 aliphatic heterocycles. The fourth-order valence-electron chi connectivity index (χ4n) is 5.31. The van der Waals surface area contributed by atoms with Gasteiger partial charge in [-0.25, -0.2) is 4.79 Å². The van der Waals surface area contributed by atoms with E-state index in [1.165, 1.54) is 0 Å². The Bertz CT molecular complexity index is 1730. The Balaban J connectivity index is 1.22. The summed E-state index contributed by atoms with van der Waals surface area (Å²) >= 11 is 0. The predicted octanol–water partition coefficient (Wildman–Crippen LogP) is 7.70. The maximum Gasteiger partial charge on any atom is 0.333 e. The molecule has 216 valence electrons. The first-order valence-corrected chi connectivity index (χ1v) is 14.4. The zero-order chi connectivity index (χ0) is 29.8. The van der Waals surface area contributed by atoms with Crippen LogP contribution in [0.2, 0.25) is 0 Å². The van der Waals surface area contributed by atoms with E-state index in [1.54, 1.807) is 19.1 Å². The Labute approximate surface area is 250 Å². The molecule has 6 heteroatoms. The van der Waals surface area contributed by atoms with Crippen LogP contribution in [0.5, 0.6) is 17.2 Å². The van der Waals surface area contributed by atoms with E-state index in [1.807, 2.05) is 60.7 Å². The highest BCUT2D eigenvalue weighted by Gasteiger charge is 2.28. The van der Waals surface area contributed by atoms with Gasteiger partial charge in [-0.15, -0.1) is 0 Å². The molecule has 0 amide bonds. The SMILES string of the molecule is C=C(C)C(=O)OCCCc1ccc(OC(=O)C2COc3ccc4ccccc4c3-c3c(ccc4ccccc34)OC2)cc1. The van der Waals surface area contributed by atoms with Gasteiger partial charge in [0.15, 0.2) is 0 Å². The van der Waals surface area contributed by atoms with Gasteiger partial charge in [0.2, 0.25) is 0 Å². The fraction of sp³-hybridized carbons (Fsp3) is 0.189. The van der Waals surface area contributed by atoms with E-state index in [0.29, 0.717) is 35.8 Å². The quantitative estimate of drug-likeness (QED) is 0.0861. The number of carbonyl (C=O) groups is 2. The molecule has 0 bridgehead atoms. The molecule has 5 aromatic rings. The summed E-state index contributed by atoms with van der Waals surface area (Å²) in [5.41, 5.74) is 3.33. The predicted molar refractivity (Wildman–Crippen MR) is 168 cm³/mol. The third kappa shape index (κ3) is 6.09. The van der Waals surface area contributed by atoms with Crippen molar-refractivity contribution in [2.75, 3.05) is 19.8 Å². The van der Waals surface area contributed by atoms with Crippen LogP contribution in [-0.4, -0.2) is 31.8 Å². The highest BCUT2D eigenvalue weighted by Crippen LogP contribution is 2.46. The molecule has 0 aliphatic carbocycles. The smallest absolute Gasteiger partial charge is 0.333 e. The van der Waals surface area contributed by atoms with Gasteiger partial charge >= 0.3 is 11.9 Å². The number of fused-ring (bicyclic) bond motifs is 7. The first-order chi connectivity index (χ1) is 21.0. The van der Waals surface area contributed by atoms with Gasteiger partial charge in [-0.2, -0.15) is 0 Å². The van der Waals surface area contributed by atoms with Crippen LogP contribution in [-0.2, 0) is 20.7 Å². The number of carbonyl (C=O) groups excluding carboxylic acids is 2. The number of hydrogen-bond acceptors (Lipinski definition) is 6. The van der Waals surface area contributed by atoms with Crippen LogP contribution in [0.15, 0.2) is 109 Å². The topological polar surface area (TPSA) is 71.1 Å². The van der Waals surface area contributed by atoms with Gasteiger partial charge in [-0.3, -0.25) is 4.79 Å². The summed E-state index contributed by atoms with van der Waals surface area (Å²) in [5, 5.41) is 4.29. The van der Waals surface area contributed by atoms with Crippen LogP contribution in [0.4, 0.5) is 0 Å². The molecule has 1 heterocycles. The van der Waals surface area contributed by atoms with Crippen LogP contribution in [0.1, 0.15) is 18.9 Å². The maximum atomic E-state index is 13.4. The number of benzene rings is 5. The van der Waals surface area contributed by atoms with Crippen molar-refractivity contribution in [2.24, 2.45) is 5.92 Å². The average molecular weight is 573 g/mol. The van der Waals surface area contributed by atoms with E-state index in [-0.39, 0.29) is 19.2 Å². The van der Waals surface area contributed by atoms with Gasteiger partial charge in [0.25, 0.3) is 0 Å². The van der Waals surface area contributed by atoms with Gasteiger partial charge in [-0.05, 0) is 71.1 Å². The van der Waals surface area contributed by atoms with Crippen molar-refractivity contribution in [3.63, 3.8) is 0 Å². The van der Waals surface area contributed by atoms with Gasteiger partial charge in [0.1, 0.15) is 36.4 Å². The second kappa shape index (κ2) is 12.4. The summed E-state index contributed by atoms with van der Waals surface area (Å²) < 4.78 is 23.7. The summed E-state index contributed by atoms with van der Waals surface area (Å²) in [6.45, 7) is 5.75. The number of aryl methyl sites for hydroxylation is 1. The Kier molecular flexibility index (Phi) is 8.09. The van der Waals surface area contributed by atoms with Gasteiger partial charge in [0.05, 0.1) is 6.61 Å². The summed E-state index contributed by atoms with van der Waals surface area (Å²) in [6.07, 6.45) is 1.41. The van der Waals surface area contributed by atoms with Crippen molar-refractivity contribution < 1.29 is 28.5 Å². The number of esters is 2. The maximum absolute atomic E-state index is 13.4. The van der Waals surface area contributed by atoms with Crippen molar-refractivity contribution in [3.05, 3.63) is 115 Å². The molecule has 0 N–H and O–H groups in total. The summed E-state index contributed by atoms with van der Waals surface area (Å²) in [5.74, 6) is 0.371. The van der Waals surface area contributed by atoms with Gasteiger partial charge in [0, 0.05) is 16.7 Å². The second-order valence-corrected chi connectivity index (χ2v) is 10.7. The largest absolute Gasteiger partial charge is 0.492 e. The van der Waals surface area contributed by atoms with E-state index in [9.17, 15) is 9.59 Å². The van der Waals surface area contributed by atoms with E-state index in [4.69, 9.17) is 18.9 Å². The van der Waals surface area contributed by atoms with Crippen LogP contribution >= 0.6 is 0 Å². The lowest BCUT2D eigenvalue weighted by atomic mass is 9.92. The minimum atomic E-state index is -0.653. The molecule has 1 aliphatic rings. The first-order valence-electron chi connectivity index (χ1n) is 14.4. The Morgan fingerprint density at radius 1 is 0.767 bits per heavy atom. The van der Waals surface area contributed by atoms with Crippen LogP contribution in [0, 0.1) is 5.92 Å². The molecule has 0 saturated heterocycles. The summed E-state index contributed by atoms with van der Waals surface area (Å²) in [6, 6.07) is 31.8. The lowest BCUT2D eigenvalue weighted by Gasteiger charge is -2.17. The minimum Gasteiger partial charge on any atom is -0.492 e. The standard InChI is InChI=1S/C37H32O6/c1-24(2)36(38)40-21-7-8-25-13-17-29(18-14-25)43-37(39)28-22-41-32-19-15-26-9-3-5-11-30(26)34(32)35-31-12-6-4-10-27(31)16-20-33(35)42-23-28/h3-6,9-20,28H,1,7-8,21-23H2,2H3. The summed E-state index contributed by atoms with van der Waals surface area (Å²) in [4.78, 5) is 24.9. The molecule has 0 atom stereocenters. The van der Waals surface area contributed by atoms with E-state index in [0.717, 1.165) is 44.7 Å². The molecule has 43 heavy (non-hydrogen) atoms. The molecular formula is C37H32O6. The van der Waals surface area contributed by atoms with Crippen LogP contribution in [0.3, 0.4) is 0 Å². The Morgan fingerprint density at radius 2 is 1.33 bits per heavy atom. The Hall–Kier alpha value is -5.10. The average Bonchev–Trinajstić information content (AvgIpc) is 3.11. The molecule has 6 nitrogen and oxygen atoms in total. The van der Waals surface area contributed by atoms with E-state index < -0.39 is 11.9 Å². The molecule has 5 aromatic carbocycles. The highest BCUT2D eigenvalue weighted by molar-refractivity contribution is 6.09. The fourth-order valence-corrected chi connectivity index (χ4v) is 5.31. The zero-order valence-corrected chi connectivity index (χ0v) is 24.0. The van der Waals surface area contributed by atoms with E-state index >= 15 is 0 Å². The lowest BCUT2D eigenvalue weighted by molar-refractivity contribution is -0.141. The summed E-state index contributed by atoms with van der Waals surface area (Å²) in [7, 11) is 0. The molecule has 0 aromatic heterocycles. The molecule has 0 radical (unpaired) electrons. The molecule has 0 saturated carbocycles. The minimum absolute atomic E-state index is 0.108. The third-order valence-electron chi connectivity index (χ3n) is 7.58. The molecule has 6 rings (SSSR count). The lowest BCUT2D eigenvalue weighted by Crippen LogP contribution is -2.31. The van der Waals surface area contributed by atoms with Crippen molar-refractivity contribution in [1.29, 1.82) is 0 Å². The van der Waals surface area contributed by atoms with Crippen LogP contribution in [0.25, 0.3) is 32.7 Å². The van der Waals surface area contributed by atoms with Crippen molar-refractivity contribution in [1.82, 2.24) is 0 Å². The van der Waals surface area contributed by atoms with Gasteiger partial charge < -0.3 is 18.9 Å². The van der Waals surface area contributed by atoms with Crippen molar-refractivity contribution >= 4 is 33.5 Å². The molecule has 0 unspecified atom stereocenters. The first kappa shape index (κ1) is 28.0. The number of rotatable bonds is 7. The van der Waals surface area contributed by atoms with Crippen molar-refractivity contribution in [2.45, 2.75) is 19.8 Å². The van der Waals surface area contributed by atoms with E-state index in [2.05, 4.69) is 30.8 Å². The van der Waals surface area contributed by atoms with Gasteiger partial charge in [-0.1, -0.05) is 79.4 Å². The van der Waals surface area contributed by atoms with Crippen molar-refractivity contribution in [3.8, 4) is 28.4 Å².